The number of amides is 1. The second-order valence-electron chi connectivity index (χ2n) is 4.96. The van der Waals surface area contributed by atoms with Crippen molar-refractivity contribution in [2.24, 2.45) is 11.8 Å². The molecule has 0 aromatic carbocycles. The van der Waals surface area contributed by atoms with Gasteiger partial charge < -0.3 is 14.6 Å². The number of aliphatic carboxylic acids is 1. The predicted octanol–water partition coefficient (Wildman–Crippen LogP) is -0.821. The van der Waals surface area contributed by atoms with Crippen LogP contribution >= 0.6 is 11.3 Å². The molecule has 3 aliphatic heterocycles. The van der Waals surface area contributed by atoms with Gasteiger partial charge in [-0.25, -0.2) is 4.98 Å². The Hall–Kier alpha value is -1.73. The maximum Gasteiger partial charge on any atom is 0.236 e. The van der Waals surface area contributed by atoms with Crippen molar-refractivity contribution in [2.45, 2.75) is 11.7 Å². The summed E-state index contributed by atoms with van der Waals surface area (Å²) in [5.74, 6) is -3.06. The van der Waals surface area contributed by atoms with E-state index in [-0.39, 0.29) is 5.91 Å². The molecule has 1 aromatic rings. The van der Waals surface area contributed by atoms with Gasteiger partial charge in [-0.3, -0.25) is 9.69 Å². The zero-order chi connectivity index (χ0) is 13.2. The minimum atomic E-state index is -1.23. The molecule has 2 fully saturated rings. The van der Waals surface area contributed by atoms with Crippen LogP contribution in [0, 0.1) is 11.8 Å². The minimum Gasteiger partial charge on any atom is -0.550 e. The van der Waals surface area contributed by atoms with Crippen molar-refractivity contribution in [2.75, 3.05) is 11.4 Å². The van der Waals surface area contributed by atoms with Gasteiger partial charge in [0.05, 0.1) is 18.6 Å². The number of ether oxygens (including phenoxy) is 1. The molecule has 1 spiro atoms. The number of hydrogen-bond donors (Lipinski definition) is 0. The summed E-state index contributed by atoms with van der Waals surface area (Å²) in [4.78, 5) is 29.4. The zero-order valence-electron chi connectivity index (χ0n) is 9.68. The summed E-state index contributed by atoms with van der Waals surface area (Å²) < 4.78 is 5.74. The summed E-state index contributed by atoms with van der Waals surface area (Å²) in [6, 6.07) is 0. The van der Waals surface area contributed by atoms with Crippen LogP contribution in [-0.4, -0.2) is 35.1 Å². The third kappa shape index (κ3) is 1.26. The van der Waals surface area contributed by atoms with Crippen LogP contribution in [0.1, 0.15) is 0 Å². The molecule has 7 heteroatoms. The second-order valence-corrected chi connectivity index (χ2v) is 5.83. The maximum absolute atomic E-state index is 12.5. The molecule has 3 aliphatic rings. The number of hydrogen-bond acceptors (Lipinski definition) is 6. The fraction of sp³-hybridized carbons (Fsp3) is 0.417. The Morgan fingerprint density at radius 1 is 1.63 bits per heavy atom. The zero-order valence-corrected chi connectivity index (χ0v) is 10.5. The molecule has 1 amide bonds. The number of carboxylic acids is 1. The number of carbonyl (C=O) groups excluding carboxylic acids is 2. The van der Waals surface area contributed by atoms with E-state index in [2.05, 4.69) is 4.98 Å². The number of thiazole rings is 1. The molecule has 98 valence electrons. The van der Waals surface area contributed by atoms with Gasteiger partial charge in [0.1, 0.15) is 5.60 Å². The average molecular weight is 277 g/mol. The predicted molar refractivity (Wildman–Crippen MR) is 63.2 cm³/mol. The van der Waals surface area contributed by atoms with Crippen molar-refractivity contribution in [1.29, 1.82) is 0 Å². The monoisotopic (exact) mass is 277 g/mol. The van der Waals surface area contributed by atoms with E-state index in [9.17, 15) is 14.7 Å². The SMILES string of the molecule is O=C([O-])[C@@H]1[C@H]2C(=O)N(c3nccs3)C[C@]23C=C[C@H]1O3. The molecule has 1 aromatic heterocycles. The van der Waals surface area contributed by atoms with Crippen molar-refractivity contribution in [3.63, 3.8) is 0 Å². The van der Waals surface area contributed by atoms with Gasteiger partial charge in [0, 0.05) is 23.5 Å². The fourth-order valence-electron chi connectivity index (χ4n) is 3.28. The van der Waals surface area contributed by atoms with E-state index < -0.39 is 29.5 Å². The molecule has 0 N–H and O–H groups in total. The standard InChI is InChI=1S/C12H10N2O4S/c15-9-8-7(10(16)17)6-1-2-12(8,18-6)5-14(9)11-13-3-4-19-11/h1-4,6-8H,5H2,(H,16,17)/p-1/t6-,7+,8+,12-/m1/s1. The minimum absolute atomic E-state index is 0.240. The Labute approximate surface area is 112 Å². The maximum atomic E-state index is 12.5. The number of nitrogens with zero attached hydrogens (tertiary/aromatic N) is 2. The van der Waals surface area contributed by atoms with Crippen molar-refractivity contribution in [3.8, 4) is 0 Å². The highest BCUT2D eigenvalue weighted by Crippen LogP contribution is 2.52. The molecule has 2 bridgehead atoms. The molecule has 0 saturated carbocycles. The van der Waals surface area contributed by atoms with Crippen molar-refractivity contribution >= 4 is 28.3 Å². The van der Waals surface area contributed by atoms with Gasteiger partial charge in [-0.15, -0.1) is 11.3 Å². The molecule has 6 nitrogen and oxygen atoms in total. The molecule has 19 heavy (non-hydrogen) atoms. The van der Waals surface area contributed by atoms with E-state index in [1.807, 2.05) is 6.08 Å². The number of anilines is 1. The Bertz CT molecular complexity index is 599. The Morgan fingerprint density at radius 2 is 2.47 bits per heavy atom. The van der Waals surface area contributed by atoms with E-state index >= 15 is 0 Å². The highest BCUT2D eigenvalue weighted by Gasteiger charge is 2.65. The second kappa shape index (κ2) is 3.43. The first-order valence-corrected chi connectivity index (χ1v) is 6.79. The van der Waals surface area contributed by atoms with Crippen LogP contribution in [0.15, 0.2) is 23.7 Å². The topological polar surface area (TPSA) is 82.6 Å². The fourth-order valence-corrected chi connectivity index (χ4v) is 3.93. The van der Waals surface area contributed by atoms with Crippen LogP contribution in [-0.2, 0) is 14.3 Å². The van der Waals surface area contributed by atoms with Gasteiger partial charge in [-0.1, -0.05) is 12.2 Å². The lowest BCUT2D eigenvalue weighted by Crippen LogP contribution is -2.45. The molecular weight excluding hydrogens is 268 g/mol. The molecule has 4 rings (SSSR count). The van der Waals surface area contributed by atoms with Gasteiger partial charge in [0.2, 0.25) is 5.91 Å². The van der Waals surface area contributed by atoms with Gasteiger partial charge in [-0.2, -0.15) is 0 Å². The van der Waals surface area contributed by atoms with Gasteiger partial charge in [0.15, 0.2) is 5.13 Å². The quantitative estimate of drug-likeness (QED) is 0.660. The van der Waals surface area contributed by atoms with E-state index in [4.69, 9.17) is 4.74 Å². The highest BCUT2D eigenvalue weighted by atomic mass is 32.1. The van der Waals surface area contributed by atoms with Gasteiger partial charge >= 0.3 is 0 Å². The van der Waals surface area contributed by atoms with Crippen LogP contribution in [0.3, 0.4) is 0 Å². The summed E-state index contributed by atoms with van der Waals surface area (Å²) in [6.07, 6.45) is 4.60. The first-order valence-electron chi connectivity index (χ1n) is 5.91. The number of rotatable bonds is 2. The number of fused-ring (bicyclic) bond motifs is 1. The highest BCUT2D eigenvalue weighted by molar-refractivity contribution is 7.13. The molecule has 0 unspecified atom stereocenters. The number of aromatic nitrogens is 1. The van der Waals surface area contributed by atoms with Crippen molar-refractivity contribution in [1.82, 2.24) is 4.98 Å². The number of carboxylic acid groups (broad SMARTS) is 1. The van der Waals surface area contributed by atoms with Crippen molar-refractivity contribution < 1.29 is 19.4 Å². The lowest BCUT2D eigenvalue weighted by atomic mass is 9.77. The summed E-state index contributed by atoms with van der Waals surface area (Å²) in [5.41, 5.74) is -0.821. The summed E-state index contributed by atoms with van der Waals surface area (Å²) in [6.45, 7) is 0.320. The molecular formula is C12H9N2O4S-. The smallest absolute Gasteiger partial charge is 0.236 e. The summed E-state index contributed by atoms with van der Waals surface area (Å²) in [5, 5.41) is 13.6. The van der Waals surface area contributed by atoms with E-state index in [1.165, 1.54) is 16.2 Å². The van der Waals surface area contributed by atoms with Crippen LogP contribution in [0.25, 0.3) is 0 Å². The third-order valence-electron chi connectivity index (χ3n) is 4.02. The van der Waals surface area contributed by atoms with Gasteiger partial charge in [0.25, 0.3) is 0 Å². The molecule has 4 heterocycles. The molecule has 2 saturated heterocycles. The van der Waals surface area contributed by atoms with E-state index in [1.54, 1.807) is 17.7 Å². The van der Waals surface area contributed by atoms with Crippen LogP contribution < -0.4 is 10.0 Å². The number of carbonyl (C=O) groups is 2. The normalized spacial score (nSPS) is 39.1. The molecule has 0 aliphatic carbocycles. The summed E-state index contributed by atoms with van der Waals surface area (Å²) >= 11 is 1.35. The first-order chi connectivity index (χ1) is 9.12. The van der Waals surface area contributed by atoms with Crippen LogP contribution in [0.5, 0.6) is 0 Å². The van der Waals surface area contributed by atoms with Crippen LogP contribution in [0.2, 0.25) is 0 Å². The van der Waals surface area contributed by atoms with E-state index in [0.29, 0.717) is 11.7 Å². The Balaban J connectivity index is 1.77. The third-order valence-corrected chi connectivity index (χ3v) is 4.82. The van der Waals surface area contributed by atoms with Crippen molar-refractivity contribution in [3.05, 3.63) is 23.7 Å². The summed E-state index contributed by atoms with van der Waals surface area (Å²) in [7, 11) is 0. The Morgan fingerprint density at radius 3 is 3.16 bits per heavy atom. The van der Waals surface area contributed by atoms with E-state index in [0.717, 1.165) is 0 Å². The Kier molecular flexibility index (Phi) is 2.01. The molecule has 0 radical (unpaired) electrons. The lowest BCUT2D eigenvalue weighted by Gasteiger charge is -2.24. The molecule has 4 atom stereocenters. The van der Waals surface area contributed by atoms with Gasteiger partial charge in [-0.05, 0) is 0 Å². The lowest BCUT2D eigenvalue weighted by molar-refractivity contribution is -0.313. The first kappa shape index (κ1) is 11.1. The average Bonchev–Trinajstić information content (AvgIpc) is 3.09. The largest absolute Gasteiger partial charge is 0.550 e. The van der Waals surface area contributed by atoms with Crippen LogP contribution in [0.4, 0.5) is 5.13 Å².